The summed E-state index contributed by atoms with van der Waals surface area (Å²) in [6, 6.07) is 11.2. The number of aromatic nitrogens is 2. The van der Waals surface area contributed by atoms with Gasteiger partial charge in [-0.1, -0.05) is 38.1 Å². The summed E-state index contributed by atoms with van der Waals surface area (Å²) in [5.74, 6) is -0.840. The van der Waals surface area contributed by atoms with E-state index in [0.29, 0.717) is 74.3 Å². The number of hydrogen-bond acceptors (Lipinski definition) is 8. The standard InChI is InChI=1S/C37H48FN7O5/c1-24(2)34(39)37(49)44-15-11-27(12-16-44)50-26-9-13-42(14-10-26)23-33(46)43-17-19-45(20-18-43)36(48)30-21-25(7-8-31(30)38)22-32-28-5-3-4-6-29(28)35(47)41-40-32/h3-8,21,24,26-27,34H,9-20,22-23,39H2,1-2H3,(H,41,47)/t34-/m1/s1. The lowest BCUT2D eigenvalue weighted by Gasteiger charge is -2.39. The summed E-state index contributed by atoms with van der Waals surface area (Å²) in [6.07, 6.45) is 3.93. The van der Waals surface area contributed by atoms with Gasteiger partial charge in [0.1, 0.15) is 5.82 Å². The van der Waals surface area contributed by atoms with Gasteiger partial charge in [0.15, 0.2) is 0 Å². The van der Waals surface area contributed by atoms with Gasteiger partial charge in [-0.15, -0.1) is 0 Å². The van der Waals surface area contributed by atoms with Crippen LogP contribution in [0.4, 0.5) is 4.39 Å². The molecule has 13 heteroatoms. The third kappa shape index (κ3) is 8.22. The van der Waals surface area contributed by atoms with Gasteiger partial charge in [-0.25, -0.2) is 9.49 Å². The Hall–Kier alpha value is -4.20. The van der Waals surface area contributed by atoms with Crippen LogP contribution in [0.15, 0.2) is 47.3 Å². The number of halogens is 1. The van der Waals surface area contributed by atoms with Crippen molar-refractivity contribution < 1.29 is 23.5 Å². The number of carbonyl (C=O) groups is 3. The topological polar surface area (TPSA) is 145 Å². The molecule has 1 aromatic heterocycles. The van der Waals surface area contributed by atoms with Gasteiger partial charge in [0, 0.05) is 64.2 Å². The van der Waals surface area contributed by atoms with E-state index in [1.807, 2.05) is 30.9 Å². The second kappa shape index (κ2) is 15.8. The molecule has 12 nitrogen and oxygen atoms in total. The number of ether oxygens (including phenoxy) is 1. The summed E-state index contributed by atoms with van der Waals surface area (Å²) in [5.41, 5.74) is 7.10. The van der Waals surface area contributed by atoms with Gasteiger partial charge in [-0.3, -0.25) is 24.1 Å². The maximum atomic E-state index is 14.9. The number of rotatable bonds is 9. The molecule has 2 aromatic carbocycles. The molecule has 3 amide bonds. The number of amides is 3. The number of piperidine rings is 2. The van der Waals surface area contributed by atoms with Crippen molar-refractivity contribution in [2.75, 3.05) is 58.9 Å². The Kier molecular flexibility index (Phi) is 11.2. The third-order valence-electron chi connectivity index (χ3n) is 10.4. The quantitative estimate of drug-likeness (QED) is 0.349. The van der Waals surface area contributed by atoms with Crippen molar-refractivity contribution in [3.63, 3.8) is 0 Å². The largest absolute Gasteiger partial charge is 0.375 e. The van der Waals surface area contributed by atoms with E-state index < -0.39 is 17.8 Å². The molecule has 3 saturated heterocycles. The monoisotopic (exact) mass is 689 g/mol. The lowest BCUT2D eigenvalue weighted by molar-refractivity contribution is -0.138. The molecule has 3 aliphatic heterocycles. The first-order chi connectivity index (χ1) is 24.1. The van der Waals surface area contributed by atoms with Gasteiger partial charge in [0.2, 0.25) is 11.8 Å². The Morgan fingerprint density at radius 1 is 0.880 bits per heavy atom. The Balaban J connectivity index is 0.938. The molecule has 50 heavy (non-hydrogen) atoms. The smallest absolute Gasteiger partial charge is 0.272 e. The number of nitrogens with zero attached hydrogens (tertiary/aromatic N) is 5. The Morgan fingerprint density at radius 2 is 1.50 bits per heavy atom. The van der Waals surface area contributed by atoms with Crippen LogP contribution >= 0.6 is 0 Å². The lowest BCUT2D eigenvalue weighted by Crippen LogP contribution is -2.53. The average molecular weight is 690 g/mol. The van der Waals surface area contributed by atoms with Gasteiger partial charge in [0.05, 0.1) is 41.4 Å². The molecule has 3 fully saturated rings. The molecule has 0 saturated carbocycles. The number of carbonyl (C=O) groups excluding carboxylic acids is 3. The molecule has 1 atom stereocenters. The highest BCUT2D eigenvalue weighted by Crippen LogP contribution is 2.23. The summed E-state index contributed by atoms with van der Waals surface area (Å²) in [5, 5.41) is 7.96. The van der Waals surface area contributed by atoms with Crippen molar-refractivity contribution in [3.05, 3.63) is 75.5 Å². The first-order valence-corrected chi connectivity index (χ1v) is 17.8. The van der Waals surface area contributed by atoms with E-state index in [1.54, 1.807) is 34.1 Å². The molecule has 0 radical (unpaired) electrons. The summed E-state index contributed by atoms with van der Waals surface area (Å²) in [4.78, 5) is 58.8. The van der Waals surface area contributed by atoms with Crippen LogP contribution < -0.4 is 11.3 Å². The average Bonchev–Trinajstić information content (AvgIpc) is 3.14. The van der Waals surface area contributed by atoms with E-state index in [2.05, 4.69) is 15.1 Å². The van der Waals surface area contributed by atoms with E-state index >= 15 is 0 Å². The van der Waals surface area contributed by atoms with Crippen molar-refractivity contribution in [3.8, 4) is 0 Å². The first-order valence-electron chi connectivity index (χ1n) is 17.8. The molecule has 0 aliphatic carbocycles. The molecule has 3 aromatic rings. The van der Waals surface area contributed by atoms with Crippen molar-refractivity contribution in [1.82, 2.24) is 29.8 Å². The zero-order valence-electron chi connectivity index (χ0n) is 29.0. The summed E-state index contributed by atoms with van der Waals surface area (Å²) in [7, 11) is 0. The van der Waals surface area contributed by atoms with Gasteiger partial charge in [-0.2, -0.15) is 5.10 Å². The summed E-state index contributed by atoms with van der Waals surface area (Å²) < 4.78 is 21.3. The van der Waals surface area contributed by atoms with Crippen LogP contribution in [0.1, 0.15) is 61.1 Å². The van der Waals surface area contributed by atoms with E-state index in [4.69, 9.17) is 10.5 Å². The zero-order valence-corrected chi connectivity index (χ0v) is 29.0. The normalized spacial score (nSPS) is 18.9. The van der Waals surface area contributed by atoms with Crippen LogP contribution in [0.25, 0.3) is 10.8 Å². The van der Waals surface area contributed by atoms with Crippen LogP contribution in [0.5, 0.6) is 0 Å². The third-order valence-corrected chi connectivity index (χ3v) is 10.4. The molecule has 6 rings (SSSR count). The second-order valence-electron chi connectivity index (χ2n) is 14.1. The SMILES string of the molecule is CC(C)[C@@H](N)C(=O)N1CCC(OC2CCN(CC(=O)N3CCN(C(=O)c4cc(Cc5n[nH]c(=O)c6ccccc56)ccc4F)CC3)CC2)CC1. The Labute approximate surface area is 291 Å². The molecule has 0 bridgehead atoms. The first kappa shape index (κ1) is 35.6. The Morgan fingerprint density at radius 3 is 2.16 bits per heavy atom. The number of piperazine rings is 1. The van der Waals surface area contributed by atoms with Crippen molar-refractivity contribution in [2.45, 2.75) is 64.2 Å². The molecule has 0 unspecified atom stereocenters. The maximum Gasteiger partial charge on any atom is 0.272 e. The van der Waals surface area contributed by atoms with Crippen LogP contribution in [0.2, 0.25) is 0 Å². The lowest BCUT2D eigenvalue weighted by atomic mass is 10.0. The molecule has 3 aliphatic rings. The fourth-order valence-corrected chi connectivity index (χ4v) is 7.15. The molecule has 4 heterocycles. The maximum absolute atomic E-state index is 14.9. The van der Waals surface area contributed by atoms with Gasteiger partial charge in [0.25, 0.3) is 11.5 Å². The zero-order chi connectivity index (χ0) is 35.4. The fraction of sp³-hybridized carbons (Fsp3) is 0.541. The van der Waals surface area contributed by atoms with E-state index in [1.165, 1.54) is 6.07 Å². The van der Waals surface area contributed by atoms with E-state index in [0.717, 1.165) is 38.8 Å². The van der Waals surface area contributed by atoms with Gasteiger partial charge >= 0.3 is 0 Å². The predicted octanol–water partition coefficient (Wildman–Crippen LogP) is 2.39. The number of hydrogen-bond donors (Lipinski definition) is 2. The number of benzene rings is 2. The summed E-state index contributed by atoms with van der Waals surface area (Å²) in [6.45, 7) is 8.57. The van der Waals surface area contributed by atoms with Crippen LogP contribution in [0, 0.1) is 11.7 Å². The van der Waals surface area contributed by atoms with Crippen molar-refractivity contribution in [2.24, 2.45) is 11.7 Å². The number of nitrogens with two attached hydrogens (primary N) is 1. The second-order valence-corrected chi connectivity index (χ2v) is 14.1. The number of nitrogens with one attached hydrogen (secondary N) is 1. The summed E-state index contributed by atoms with van der Waals surface area (Å²) >= 11 is 0. The van der Waals surface area contributed by atoms with Gasteiger partial charge < -0.3 is 25.2 Å². The molecular formula is C37H48FN7O5. The van der Waals surface area contributed by atoms with Crippen molar-refractivity contribution >= 4 is 28.5 Å². The van der Waals surface area contributed by atoms with Crippen LogP contribution in [-0.2, 0) is 20.7 Å². The minimum absolute atomic E-state index is 0.0181. The van der Waals surface area contributed by atoms with Crippen LogP contribution in [0.3, 0.4) is 0 Å². The highest BCUT2D eigenvalue weighted by molar-refractivity contribution is 5.95. The highest BCUT2D eigenvalue weighted by atomic mass is 19.1. The van der Waals surface area contributed by atoms with E-state index in [9.17, 15) is 23.6 Å². The number of H-pyrrole nitrogens is 1. The molecule has 0 spiro atoms. The number of aromatic amines is 1. The number of fused-ring (bicyclic) bond motifs is 1. The molecule has 3 N–H and O–H groups in total. The molecule has 268 valence electrons. The minimum Gasteiger partial charge on any atom is -0.375 e. The van der Waals surface area contributed by atoms with Gasteiger partial charge in [-0.05, 0) is 55.4 Å². The number of likely N-dealkylation sites (tertiary alicyclic amines) is 2. The minimum atomic E-state index is -0.601. The predicted molar refractivity (Wildman–Crippen MR) is 187 cm³/mol. The van der Waals surface area contributed by atoms with E-state index in [-0.39, 0.29) is 41.1 Å². The Bertz CT molecular complexity index is 1740. The van der Waals surface area contributed by atoms with Crippen LogP contribution in [-0.4, -0.2) is 125 Å². The van der Waals surface area contributed by atoms with Crippen molar-refractivity contribution in [1.29, 1.82) is 0 Å². The highest BCUT2D eigenvalue weighted by Gasteiger charge is 2.32. The molecular weight excluding hydrogens is 641 g/mol. The fourth-order valence-electron chi connectivity index (χ4n) is 7.15.